The molecule has 2 heterocycles. The first-order valence-corrected chi connectivity index (χ1v) is 10.7. The zero-order valence-corrected chi connectivity index (χ0v) is 17.8. The topological polar surface area (TPSA) is 57.7 Å². The van der Waals surface area contributed by atoms with Crippen LogP contribution in [0.5, 0.6) is 17.2 Å². The van der Waals surface area contributed by atoms with Gasteiger partial charge < -0.3 is 14.2 Å². The predicted octanol–water partition coefficient (Wildman–Crippen LogP) is 5.03. The van der Waals surface area contributed by atoms with Crippen LogP contribution in [0.1, 0.15) is 36.6 Å². The first-order chi connectivity index (χ1) is 15.1. The van der Waals surface area contributed by atoms with Crippen molar-refractivity contribution in [3.05, 3.63) is 71.4 Å². The summed E-state index contributed by atoms with van der Waals surface area (Å²) in [6.45, 7) is 4.84. The third kappa shape index (κ3) is 3.65. The van der Waals surface area contributed by atoms with Gasteiger partial charge >= 0.3 is 0 Å². The van der Waals surface area contributed by atoms with Crippen LogP contribution in [-0.2, 0) is 16.6 Å². The molecule has 5 rings (SSSR count). The SMILES string of the molecule is CCOc1ccc(C)cc1-c1cccc(CC(=O)C2(c3ccc4c(c3)OCO4)CC2)n1. The number of aromatic nitrogens is 1. The molecule has 1 aromatic heterocycles. The normalized spacial score (nSPS) is 15.5. The number of carbonyl (C=O) groups is 1. The molecule has 158 valence electrons. The van der Waals surface area contributed by atoms with Crippen LogP contribution in [0.4, 0.5) is 0 Å². The largest absolute Gasteiger partial charge is 0.493 e. The van der Waals surface area contributed by atoms with Crippen LogP contribution >= 0.6 is 0 Å². The number of benzene rings is 2. The van der Waals surface area contributed by atoms with E-state index >= 15 is 0 Å². The molecule has 1 fully saturated rings. The maximum atomic E-state index is 13.3. The Morgan fingerprint density at radius 3 is 2.71 bits per heavy atom. The molecule has 0 bridgehead atoms. The lowest BCUT2D eigenvalue weighted by molar-refractivity contribution is -0.120. The third-order valence-corrected chi connectivity index (χ3v) is 6.07. The Kier molecular flexibility index (Phi) is 4.89. The van der Waals surface area contributed by atoms with Gasteiger partial charge in [0.05, 0.1) is 17.7 Å². The number of Topliss-reactive ketones (excluding diaryl/α,β-unsaturated/α-hetero) is 1. The third-order valence-electron chi connectivity index (χ3n) is 6.07. The number of ketones is 1. The average Bonchev–Trinajstić information content (AvgIpc) is 3.46. The summed E-state index contributed by atoms with van der Waals surface area (Å²) in [6.07, 6.45) is 2.02. The van der Waals surface area contributed by atoms with Crippen molar-refractivity contribution in [2.24, 2.45) is 0 Å². The number of hydrogen-bond acceptors (Lipinski definition) is 5. The van der Waals surface area contributed by atoms with Gasteiger partial charge in [0, 0.05) is 17.7 Å². The molecule has 0 N–H and O–H groups in total. The molecule has 31 heavy (non-hydrogen) atoms. The highest BCUT2D eigenvalue weighted by Crippen LogP contribution is 2.51. The number of nitrogens with zero attached hydrogens (tertiary/aromatic N) is 1. The molecule has 0 atom stereocenters. The minimum Gasteiger partial charge on any atom is -0.493 e. The fourth-order valence-electron chi connectivity index (χ4n) is 4.23. The van der Waals surface area contributed by atoms with E-state index in [9.17, 15) is 4.79 Å². The van der Waals surface area contributed by atoms with Crippen LogP contribution in [-0.4, -0.2) is 24.2 Å². The summed E-state index contributed by atoms with van der Waals surface area (Å²) in [5.41, 5.74) is 4.27. The molecule has 1 aliphatic heterocycles. The molecular formula is C26H25NO4. The van der Waals surface area contributed by atoms with Gasteiger partial charge in [0.25, 0.3) is 0 Å². The summed E-state index contributed by atoms with van der Waals surface area (Å²) in [6, 6.07) is 17.8. The molecule has 5 heteroatoms. The van der Waals surface area contributed by atoms with Gasteiger partial charge in [0.1, 0.15) is 11.5 Å². The molecule has 5 nitrogen and oxygen atoms in total. The van der Waals surface area contributed by atoms with Crippen LogP contribution in [0.2, 0.25) is 0 Å². The van der Waals surface area contributed by atoms with E-state index in [-0.39, 0.29) is 12.6 Å². The lowest BCUT2D eigenvalue weighted by atomic mass is 9.88. The Morgan fingerprint density at radius 2 is 1.90 bits per heavy atom. The Morgan fingerprint density at radius 1 is 1.06 bits per heavy atom. The van der Waals surface area contributed by atoms with Crippen molar-refractivity contribution in [1.82, 2.24) is 4.98 Å². The molecule has 0 radical (unpaired) electrons. The minimum atomic E-state index is -0.432. The van der Waals surface area contributed by atoms with Gasteiger partial charge in [-0.25, -0.2) is 0 Å². The highest BCUT2D eigenvalue weighted by atomic mass is 16.7. The van der Waals surface area contributed by atoms with Gasteiger partial charge in [-0.05, 0) is 68.7 Å². The van der Waals surface area contributed by atoms with Gasteiger partial charge in [0.2, 0.25) is 6.79 Å². The van der Waals surface area contributed by atoms with Crippen LogP contribution < -0.4 is 14.2 Å². The van der Waals surface area contributed by atoms with Crippen LogP contribution in [0, 0.1) is 6.92 Å². The van der Waals surface area contributed by atoms with Crippen molar-refractivity contribution in [1.29, 1.82) is 0 Å². The number of aryl methyl sites for hydroxylation is 1. The van der Waals surface area contributed by atoms with Gasteiger partial charge in [-0.15, -0.1) is 0 Å². The minimum absolute atomic E-state index is 0.199. The number of hydrogen-bond donors (Lipinski definition) is 0. The molecule has 0 saturated heterocycles. The highest BCUT2D eigenvalue weighted by molar-refractivity contribution is 5.94. The number of ether oxygens (including phenoxy) is 3. The zero-order valence-electron chi connectivity index (χ0n) is 17.8. The van der Waals surface area contributed by atoms with Crippen molar-refractivity contribution in [3.63, 3.8) is 0 Å². The van der Waals surface area contributed by atoms with E-state index in [0.29, 0.717) is 13.0 Å². The van der Waals surface area contributed by atoms with Crippen LogP contribution in [0.25, 0.3) is 11.3 Å². The molecule has 2 aromatic carbocycles. The van der Waals surface area contributed by atoms with Crippen LogP contribution in [0.15, 0.2) is 54.6 Å². The second kappa shape index (κ2) is 7.73. The Labute approximate surface area is 182 Å². The van der Waals surface area contributed by atoms with E-state index in [1.165, 1.54) is 0 Å². The summed E-state index contributed by atoms with van der Waals surface area (Å²) < 4.78 is 16.7. The Balaban J connectivity index is 1.40. The lowest BCUT2D eigenvalue weighted by Crippen LogP contribution is -2.23. The van der Waals surface area contributed by atoms with E-state index in [1.54, 1.807) is 0 Å². The smallest absolute Gasteiger partial charge is 0.231 e. The molecule has 0 spiro atoms. The van der Waals surface area contributed by atoms with Crippen LogP contribution in [0.3, 0.4) is 0 Å². The Bertz CT molecular complexity index is 1150. The number of rotatable bonds is 7. The molecular weight excluding hydrogens is 390 g/mol. The molecule has 0 amide bonds. The maximum Gasteiger partial charge on any atom is 0.231 e. The van der Waals surface area contributed by atoms with Crippen molar-refractivity contribution in [2.75, 3.05) is 13.4 Å². The maximum absolute atomic E-state index is 13.3. The Hall–Kier alpha value is -3.34. The van der Waals surface area contributed by atoms with Crippen molar-refractivity contribution in [3.8, 4) is 28.5 Å². The van der Waals surface area contributed by atoms with Gasteiger partial charge in [0.15, 0.2) is 11.5 Å². The number of fused-ring (bicyclic) bond motifs is 1. The standard InChI is InChI=1S/C26H25NO4/c1-3-29-22-9-7-17(2)13-20(22)21-6-4-5-19(27-21)15-25(28)26(11-12-26)18-8-10-23-24(14-18)31-16-30-23/h4-10,13-14H,3,11-12,15-16H2,1-2H3. The molecule has 1 aliphatic carbocycles. The fraction of sp³-hybridized carbons (Fsp3) is 0.308. The predicted molar refractivity (Wildman–Crippen MR) is 118 cm³/mol. The van der Waals surface area contributed by atoms with Crippen molar-refractivity contribution < 1.29 is 19.0 Å². The van der Waals surface area contributed by atoms with Crippen molar-refractivity contribution >= 4 is 5.78 Å². The summed E-state index contributed by atoms with van der Waals surface area (Å²) in [5, 5.41) is 0. The zero-order chi connectivity index (χ0) is 21.4. The molecule has 2 aliphatic rings. The monoisotopic (exact) mass is 415 g/mol. The molecule has 1 saturated carbocycles. The van der Waals surface area contributed by atoms with Gasteiger partial charge in [-0.1, -0.05) is 23.8 Å². The van der Waals surface area contributed by atoms with E-state index in [2.05, 4.69) is 13.0 Å². The quantitative estimate of drug-likeness (QED) is 0.542. The highest BCUT2D eigenvalue weighted by Gasteiger charge is 2.51. The number of pyridine rings is 1. The lowest BCUT2D eigenvalue weighted by Gasteiger charge is -2.16. The fourth-order valence-corrected chi connectivity index (χ4v) is 4.23. The molecule has 3 aromatic rings. The van der Waals surface area contributed by atoms with Gasteiger partial charge in [-0.3, -0.25) is 9.78 Å². The van der Waals surface area contributed by atoms with E-state index in [1.807, 2.05) is 55.5 Å². The van der Waals surface area contributed by atoms with E-state index in [0.717, 1.165) is 58.2 Å². The van der Waals surface area contributed by atoms with Crippen molar-refractivity contribution in [2.45, 2.75) is 38.5 Å². The summed E-state index contributed by atoms with van der Waals surface area (Å²) in [4.78, 5) is 18.1. The average molecular weight is 415 g/mol. The summed E-state index contributed by atoms with van der Waals surface area (Å²) in [7, 11) is 0. The first kappa shape index (κ1) is 19.6. The second-order valence-electron chi connectivity index (χ2n) is 8.20. The molecule has 0 unspecified atom stereocenters. The second-order valence-corrected chi connectivity index (χ2v) is 8.20. The summed E-state index contributed by atoms with van der Waals surface area (Å²) >= 11 is 0. The van der Waals surface area contributed by atoms with Gasteiger partial charge in [-0.2, -0.15) is 0 Å². The van der Waals surface area contributed by atoms with E-state index in [4.69, 9.17) is 19.2 Å². The first-order valence-electron chi connectivity index (χ1n) is 10.7. The number of carbonyl (C=O) groups excluding carboxylic acids is 1. The summed E-state index contributed by atoms with van der Waals surface area (Å²) in [5.74, 6) is 2.47. The van der Waals surface area contributed by atoms with E-state index < -0.39 is 5.41 Å².